The van der Waals surface area contributed by atoms with Crippen LogP contribution in [0.1, 0.15) is 12.5 Å². The van der Waals surface area contributed by atoms with E-state index in [1.165, 1.54) is 5.56 Å². The summed E-state index contributed by atoms with van der Waals surface area (Å²) in [6.45, 7) is 2.03. The highest BCUT2D eigenvalue weighted by molar-refractivity contribution is 5.15. The van der Waals surface area contributed by atoms with E-state index in [4.69, 9.17) is 0 Å². The number of hydrogen-bond acceptors (Lipinski definition) is 0. The van der Waals surface area contributed by atoms with Gasteiger partial charge in [-0.3, -0.25) is 0 Å². The van der Waals surface area contributed by atoms with E-state index in [-0.39, 0.29) is 0 Å². The molecule has 0 aliphatic heterocycles. The third-order valence-electron chi connectivity index (χ3n) is 1.35. The molecule has 0 aromatic heterocycles. The Bertz CT molecular complexity index is 197. The van der Waals surface area contributed by atoms with Gasteiger partial charge in [-0.15, -0.1) is 0 Å². The van der Waals surface area contributed by atoms with Crippen molar-refractivity contribution in [3.63, 3.8) is 0 Å². The Hall–Kier alpha value is -1.04. The van der Waals surface area contributed by atoms with Crippen LogP contribution in [0.15, 0.2) is 36.4 Å². The number of benzene rings is 1. The van der Waals surface area contributed by atoms with Crippen LogP contribution < -0.4 is 0 Å². The molecule has 0 saturated heterocycles. The van der Waals surface area contributed by atoms with Crippen molar-refractivity contribution in [3.05, 3.63) is 48.0 Å². The van der Waals surface area contributed by atoms with Crippen LogP contribution in [-0.4, -0.2) is 0 Å². The van der Waals surface area contributed by atoms with Crippen molar-refractivity contribution in [1.29, 1.82) is 0 Å². The first kappa shape index (κ1) is 7.07. The second-order valence-corrected chi connectivity index (χ2v) is 2.16. The SMILES string of the molecule is C/C=C/Cc1[c]cccc1. The van der Waals surface area contributed by atoms with Crippen LogP contribution in [0.4, 0.5) is 0 Å². The molecule has 0 unspecified atom stereocenters. The van der Waals surface area contributed by atoms with Crippen LogP contribution in [0, 0.1) is 6.07 Å². The zero-order valence-corrected chi connectivity index (χ0v) is 6.17. The first-order chi connectivity index (χ1) is 4.93. The summed E-state index contributed by atoms with van der Waals surface area (Å²) < 4.78 is 0. The second kappa shape index (κ2) is 3.89. The fourth-order valence-electron chi connectivity index (χ4n) is 0.802. The molecule has 1 aromatic rings. The van der Waals surface area contributed by atoms with Gasteiger partial charge in [0.2, 0.25) is 0 Å². The molecule has 0 nitrogen and oxygen atoms in total. The molecule has 0 aliphatic rings. The Morgan fingerprint density at radius 1 is 1.50 bits per heavy atom. The van der Waals surface area contributed by atoms with Gasteiger partial charge in [0.1, 0.15) is 0 Å². The van der Waals surface area contributed by atoms with Crippen LogP contribution in [-0.2, 0) is 6.42 Å². The third-order valence-corrected chi connectivity index (χ3v) is 1.35. The summed E-state index contributed by atoms with van der Waals surface area (Å²) >= 11 is 0. The lowest BCUT2D eigenvalue weighted by Crippen LogP contribution is -1.77. The van der Waals surface area contributed by atoms with Crippen LogP contribution in [0.25, 0.3) is 0 Å². The fraction of sp³-hybridized carbons (Fsp3) is 0.200. The van der Waals surface area contributed by atoms with Gasteiger partial charge in [-0.05, 0) is 25.0 Å². The van der Waals surface area contributed by atoms with E-state index in [1.54, 1.807) is 0 Å². The van der Waals surface area contributed by atoms with Gasteiger partial charge in [-0.2, -0.15) is 0 Å². The smallest absolute Gasteiger partial charge is 0.00914 e. The molecule has 0 saturated carbocycles. The molecule has 0 amide bonds. The van der Waals surface area contributed by atoms with Crippen LogP contribution >= 0.6 is 0 Å². The lowest BCUT2D eigenvalue weighted by molar-refractivity contribution is 1.26. The zero-order valence-electron chi connectivity index (χ0n) is 6.17. The number of allylic oxidation sites excluding steroid dienone is 2. The molecule has 0 aliphatic carbocycles. The maximum absolute atomic E-state index is 3.15. The normalized spacial score (nSPS) is 10.5. The second-order valence-electron chi connectivity index (χ2n) is 2.16. The van der Waals surface area contributed by atoms with E-state index in [9.17, 15) is 0 Å². The van der Waals surface area contributed by atoms with Crippen molar-refractivity contribution < 1.29 is 0 Å². The quantitative estimate of drug-likeness (QED) is 0.541. The largest absolute Gasteiger partial charge is 0.0913 e. The number of hydrogen-bond donors (Lipinski definition) is 0. The Kier molecular flexibility index (Phi) is 2.75. The molecule has 1 rings (SSSR count). The van der Waals surface area contributed by atoms with Gasteiger partial charge < -0.3 is 0 Å². The van der Waals surface area contributed by atoms with Gasteiger partial charge in [-0.25, -0.2) is 0 Å². The molecule has 0 atom stereocenters. The fourth-order valence-corrected chi connectivity index (χ4v) is 0.802. The predicted octanol–water partition coefficient (Wildman–Crippen LogP) is 2.61. The molecule has 10 heavy (non-hydrogen) atoms. The summed E-state index contributed by atoms with van der Waals surface area (Å²) in [6.07, 6.45) is 5.18. The van der Waals surface area contributed by atoms with Gasteiger partial charge in [0.25, 0.3) is 0 Å². The first-order valence-corrected chi connectivity index (χ1v) is 3.50. The van der Waals surface area contributed by atoms with Gasteiger partial charge >= 0.3 is 0 Å². The summed E-state index contributed by atoms with van der Waals surface area (Å²) in [6, 6.07) is 11.2. The Labute approximate surface area is 62.2 Å². The van der Waals surface area contributed by atoms with E-state index in [2.05, 4.69) is 24.3 Å². The van der Waals surface area contributed by atoms with E-state index in [0.29, 0.717) is 0 Å². The molecule has 0 heterocycles. The minimum absolute atomic E-state index is 0.997. The molecule has 0 spiro atoms. The Balaban J connectivity index is 2.59. The minimum Gasteiger partial charge on any atom is -0.0913 e. The molecular formula is C10H11. The molecule has 0 N–H and O–H groups in total. The summed E-state index contributed by atoms with van der Waals surface area (Å²) in [4.78, 5) is 0. The minimum atomic E-state index is 0.997. The lowest BCUT2D eigenvalue weighted by atomic mass is 10.1. The van der Waals surface area contributed by atoms with Crippen molar-refractivity contribution in [2.24, 2.45) is 0 Å². The van der Waals surface area contributed by atoms with Crippen molar-refractivity contribution in [2.45, 2.75) is 13.3 Å². The van der Waals surface area contributed by atoms with E-state index >= 15 is 0 Å². The van der Waals surface area contributed by atoms with E-state index in [1.807, 2.05) is 25.1 Å². The summed E-state index contributed by atoms with van der Waals surface area (Å²) in [5.74, 6) is 0. The van der Waals surface area contributed by atoms with Crippen LogP contribution in [0.3, 0.4) is 0 Å². The highest BCUT2D eigenvalue weighted by Crippen LogP contribution is 1.98. The summed E-state index contributed by atoms with van der Waals surface area (Å²) in [5, 5.41) is 0. The Morgan fingerprint density at radius 2 is 2.40 bits per heavy atom. The van der Waals surface area contributed by atoms with Crippen molar-refractivity contribution in [2.75, 3.05) is 0 Å². The van der Waals surface area contributed by atoms with Crippen LogP contribution in [0.2, 0.25) is 0 Å². The van der Waals surface area contributed by atoms with Crippen molar-refractivity contribution in [1.82, 2.24) is 0 Å². The monoisotopic (exact) mass is 131 g/mol. The molecule has 0 bridgehead atoms. The molecule has 1 aromatic carbocycles. The highest BCUT2D eigenvalue weighted by atomic mass is 13.9. The van der Waals surface area contributed by atoms with Crippen molar-refractivity contribution >= 4 is 0 Å². The molecule has 1 radical (unpaired) electrons. The number of rotatable bonds is 2. The standard InChI is InChI=1S/C10H11/c1-2-3-7-10-8-5-4-6-9-10/h2-6,8H,7H2,1H3/b3-2+. The molecule has 51 valence electrons. The molecule has 0 fully saturated rings. The Morgan fingerprint density at radius 3 is 3.00 bits per heavy atom. The zero-order chi connectivity index (χ0) is 7.23. The van der Waals surface area contributed by atoms with Crippen LogP contribution in [0.5, 0.6) is 0 Å². The molecule has 0 heteroatoms. The van der Waals surface area contributed by atoms with Gasteiger partial charge in [0, 0.05) is 0 Å². The van der Waals surface area contributed by atoms with Crippen molar-refractivity contribution in [3.8, 4) is 0 Å². The van der Waals surface area contributed by atoms with Gasteiger partial charge in [0.05, 0.1) is 0 Å². The maximum Gasteiger partial charge on any atom is -0.00914 e. The van der Waals surface area contributed by atoms with E-state index < -0.39 is 0 Å². The maximum atomic E-state index is 3.15. The van der Waals surface area contributed by atoms with E-state index in [0.717, 1.165) is 6.42 Å². The van der Waals surface area contributed by atoms with Gasteiger partial charge in [0.15, 0.2) is 0 Å². The summed E-state index contributed by atoms with van der Waals surface area (Å²) in [7, 11) is 0. The predicted molar refractivity (Wildman–Crippen MR) is 43.8 cm³/mol. The third kappa shape index (κ3) is 2.06. The first-order valence-electron chi connectivity index (χ1n) is 3.50. The summed E-state index contributed by atoms with van der Waals surface area (Å²) in [5.41, 5.74) is 1.25. The lowest BCUT2D eigenvalue weighted by Gasteiger charge is -1.91. The topological polar surface area (TPSA) is 0 Å². The highest BCUT2D eigenvalue weighted by Gasteiger charge is 1.83. The van der Waals surface area contributed by atoms with Gasteiger partial charge in [-0.1, -0.05) is 36.4 Å². The average molecular weight is 131 g/mol. The molecular weight excluding hydrogens is 120 g/mol. The average Bonchev–Trinajstić information content (AvgIpc) is 2.03.